The maximum atomic E-state index is 13.9. The number of hydrogen-bond donors (Lipinski definition) is 1. The molecule has 1 aliphatic rings. The van der Waals surface area contributed by atoms with Crippen molar-refractivity contribution in [2.75, 3.05) is 25.2 Å². The Labute approximate surface area is 229 Å². The summed E-state index contributed by atoms with van der Waals surface area (Å²) in [4.78, 5) is 6.61. The third kappa shape index (κ3) is 5.15. The standard InChI is InChI=1S/C27H23Cl2FN4O2S/c1-35-13-14-36-24-10-8-18(16-20(24)29)34-26(25(32-27(34)37)22-5-2-3-11-31-22)23-6-4-12-33(23)17-7-9-21(30)19(28)15-17/h2-12,15-16,25-26H,13-14H2,1H3,(H,32,37)/t25-,26+/m0/s1. The Balaban J connectivity index is 1.59. The van der Waals surface area contributed by atoms with Gasteiger partial charge in [-0.2, -0.15) is 0 Å². The first-order chi connectivity index (χ1) is 18.0. The molecule has 0 aliphatic carbocycles. The van der Waals surface area contributed by atoms with Gasteiger partial charge in [-0.3, -0.25) is 4.98 Å². The van der Waals surface area contributed by atoms with Crippen molar-refractivity contribution in [3.05, 3.63) is 106 Å². The Bertz CT molecular complexity index is 1420. The maximum Gasteiger partial charge on any atom is 0.174 e. The molecule has 1 aliphatic heterocycles. The van der Waals surface area contributed by atoms with E-state index in [1.165, 1.54) is 6.07 Å². The molecule has 5 rings (SSSR count). The largest absolute Gasteiger partial charge is 0.490 e. The Hall–Kier alpha value is -3.17. The van der Waals surface area contributed by atoms with Gasteiger partial charge in [0.15, 0.2) is 5.11 Å². The Morgan fingerprint density at radius 3 is 2.54 bits per heavy atom. The lowest BCUT2D eigenvalue weighted by molar-refractivity contribution is 0.146. The van der Waals surface area contributed by atoms with Crippen LogP contribution < -0.4 is 15.0 Å². The van der Waals surface area contributed by atoms with Crippen LogP contribution >= 0.6 is 35.4 Å². The monoisotopic (exact) mass is 556 g/mol. The highest BCUT2D eigenvalue weighted by Gasteiger charge is 2.42. The van der Waals surface area contributed by atoms with Crippen LogP contribution in [0.2, 0.25) is 10.0 Å². The number of hydrogen-bond acceptors (Lipinski definition) is 4. The second kappa shape index (κ2) is 11.1. The number of pyridine rings is 1. The van der Waals surface area contributed by atoms with Gasteiger partial charge in [0.05, 0.1) is 28.4 Å². The average molecular weight is 557 g/mol. The van der Waals surface area contributed by atoms with Crippen LogP contribution in [0.4, 0.5) is 10.1 Å². The molecule has 4 aromatic rings. The molecule has 1 fully saturated rings. The SMILES string of the molecule is COCCOc1ccc(N2C(=S)N[C@@H](c3ccccn3)[C@H]2c2cccn2-c2ccc(F)c(Cl)c2)cc1Cl. The van der Waals surface area contributed by atoms with Gasteiger partial charge in [0.2, 0.25) is 0 Å². The third-order valence-corrected chi connectivity index (χ3v) is 7.00. The number of rotatable bonds is 8. The van der Waals surface area contributed by atoms with E-state index < -0.39 is 5.82 Å². The number of thiocarbonyl (C=S) groups is 1. The lowest BCUT2D eigenvalue weighted by Crippen LogP contribution is -2.30. The molecule has 0 radical (unpaired) electrons. The molecule has 0 amide bonds. The molecule has 2 aromatic carbocycles. The van der Waals surface area contributed by atoms with Gasteiger partial charge in [0.1, 0.15) is 24.2 Å². The molecule has 0 saturated carbocycles. The summed E-state index contributed by atoms with van der Waals surface area (Å²) in [5.74, 6) is 0.0842. The van der Waals surface area contributed by atoms with E-state index in [1.54, 1.807) is 25.4 Å². The van der Waals surface area contributed by atoms with E-state index in [2.05, 4.69) is 10.3 Å². The molecular weight excluding hydrogens is 534 g/mol. The van der Waals surface area contributed by atoms with Crippen LogP contribution in [0.15, 0.2) is 79.1 Å². The van der Waals surface area contributed by atoms with Crippen LogP contribution in [0.3, 0.4) is 0 Å². The number of halogens is 3. The second-order valence-corrected chi connectivity index (χ2v) is 9.56. The van der Waals surface area contributed by atoms with Crippen molar-refractivity contribution in [2.45, 2.75) is 12.1 Å². The molecule has 0 spiro atoms. The zero-order valence-electron chi connectivity index (χ0n) is 19.8. The minimum atomic E-state index is -0.474. The lowest BCUT2D eigenvalue weighted by atomic mass is 10.0. The van der Waals surface area contributed by atoms with Crippen LogP contribution in [0.25, 0.3) is 5.69 Å². The fourth-order valence-corrected chi connectivity index (χ4v) is 5.18. The highest BCUT2D eigenvalue weighted by Crippen LogP contribution is 2.43. The Morgan fingerprint density at radius 2 is 1.81 bits per heavy atom. The molecule has 0 bridgehead atoms. The van der Waals surface area contributed by atoms with Crippen LogP contribution in [0.5, 0.6) is 5.75 Å². The van der Waals surface area contributed by atoms with E-state index in [-0.39, 0.29) is 17.1 Å². The fourth-order valence-electron chi connectivity index (χ4n) is 4.43. The zero-order chi connectivity index (χ0) is 25.9. The predicted octanol–water partition coefficient (Wildman–Crippen LogP) is 6.52. The van der Waals surface area contributed by atoms with Gasteiger partial charge in [-0.15, -0.1) is 0 Å². The van der Waals surface area contributed by atoms with Gasteiger partial charge in [-0.25, -0.2) is 4.39 Å². The van der Waals surface area contributed by atoms with E-state index in [9.17, 15) is 4.39 Å². The van der Waals surface area contributed by atoms with Gasteiger partial charge in [-0.1, -0.05) is 29.3 Å². The summed E-state index contributed by atoms with van der Waals surface area (Å²) >= 11 is 18.5. The first-order valence-corrected chi connectivity index (χ1v) is 12.7. The highest BCUT2D eigenvalue weighted by atomic mass is 35.5. The van der Waals surface area contributed by atoms with Crippen molar-refractivity contribution >= 4 is 46.2 Å². The number of nitrogens with zero attached hydrogens (tertiary/aromatic N) is 3. The van der Waals surface area contributed by atoms with E-state index >= 15 is 0 Å². The van der Waals surface area contributed by atoms with Gasteiger partial charge in [0, 0.05) is 36.6 Å². The van der Waals surface area contributed by atoms with Crippen LogP contribution in [-0.4, -0.2) is 35.0 Å². The van der Waals surface area contributed by atoms with Crippen molar-refractivity contribution in [3.8, 4) is 11.4 Å². The van der Waals surface area contributed by atoms with E-state index in [1.807, 2.05) is 64.2 Å². The summed E-state index contributed by atoms with van der Waals surface area (Å²) in [6, 6.07) is 19.3. The van der Waals surface area contributed by atoms with Crippen molar-refractivity contribution < 1.29 is 13.9 Å². The van der Waals surface area contributed by atoms with Crippen molar-refractivity contribution in [1.29, 1.82) is 0 Å². The summed E-state index contributed by atoms with van der Waals surface area (Å²) in [6.07, 6.45) is 3.66. The van der Waals surface area contributed by atoms with Crippen molar-refractivity contribution in [3.63, 3.8) is 0 Å². The molecule has 6 nitrogen and oxygen atoms in total. The molecule has 0 unspecified atom stereocenters. The maximum absolute atomic E-state index is 13.9. The van der Waals surface area contributed by atoms with Crippen LogP contribution in [0, 0.1) is 5.82 Å². The molecule has 2 atom stereocenters. The number of anilines is 1. The van der Waals surface area contributed by atoms with Crippen molar-refractivity contribution in [1.82, 2.24) is 14.9 Å². The van der Waals surface area contributed by atoms with Crippen LogP contribution in [0.1, 0.15) is 23.5 Å². The fraction of sp³-hybridized carbons (Fsp3) is 0.185. The summed E-state index contributed by atoms with van der Waals surface area (Å²) in [7, 11) is 1.61. The number of benzene rings is 2. The van der Waals surface area contributed by atoms with Gasteiger partial charge in [-0.05, 0) is 72.9 Å². The summed E-state index contributed by atoms with van der Waals surface area (Å²) in [5, 5.41) is 4.46. The van der Waals surface area contributed by atoms with Gasteiger partial charge >= 0.3 is 0 Å². The zero-order valence-corrected chi connectivity index (χ0v) is 22.1. The summed E-state index contributed by atoms with van der Waals surface area (Å²) < 4.78 is 26.7. The third-order valence-electron chi connectivity index (χ3n) is 6.10. The minimum absolute atomic E-state index is 0.0474. The molecular formula is C27H23Cl2FN4O2S. The van der Waals surface area contributed by atoms with Crippen molar-refractivity contribution in [2.24, 2.45) is 0 Å². The second-order valence-electron chi connectivity index (χ2n) is 8.35. The molecule has 190 valence electrons. The van der Waals surface area contributed by atoms with E-state index in [0.29, 0.717) is 29.1 Å². The summed E-state index contributed by atoms with van der Waals surface area (Å²) in [5.41, 5.74) is 3.24. The molecule has 37 heavy (non-hydrogen) atoms. The van der Waals surface area contributed by atoms with E-state index in [0.717, 1.165) is 22.8 Å². The lowest BCUT2D eigenvalue weighted by Gasteiger charge is -2.29. The first kappa shape index (κ1) is 25.5. The molecule has 10 heteroatoms. The number of aromatic nitrogens is 2. The quantitative estimate of drug-likeness (QED) is 0.197. The minimum Gasteiger partial charge on any atom is -0.490 e. The van der Waals surface area contributed by atoms with Gasteiger partial charge < -0.3 is 24.3 Å². The van der Waals surface area contributed by atoms with Crippen LogP contribution in [-0.2, 0) is 4.74 Å². The number of nitrogens with one attached hydrogen (secondary N) is 1. The normalized spacial score (nSPS) is 17.2. The molecule has 1 saturated heterocycles. The number of methoxy groups -OCH3 is 1. The van der Waals surface area contributed by atoms with E-state index in [4.69, 9.17) is 44.9 Å². The molecule has 1 N–H and O–H groups in total. The first-order valence-electron chi connectivity index (χ1n) is 11.5. The highest BCUT2D eigenvalue weighted by molar-refractivity contribution is 7.80. The predicted molar refractivity (Wildman–Crippen MR) is 147 cm³/mol. The summed E-state index contributed by atoms with van der Waals surface area (Å²) in [6.45, 7) is 0.841. The average Bonchev–Trinajstić information content (AvgIpc) is 3.51. The Morgan fingerprint density at radius 1 is 1.00 bits per heavy atom. The molecule has 2 aromatic heterocycles. The number of ether oxygens (including phenoxy) is 2. The molecule has 3 heterocycles. The topological polar surface area (TPSA) is 51.6 Å². The van der Waals surface area contributed by atoms with Gasteiger partial charge in [0.25, 0.3) is 0 Å². The Kier molecular flexibility index (Phi) is 7.62. The smallest absolute Gasteiger partial charge is 0.174 e.